The topological polar surface area (TPSA) is 64.8 Å². The minimum Gasteiger partial charge on any atom is -0.497 e. The van der Waals surface area contributed by atoms with Crippen LogP contribution in [0.25, 0.3) is 0 Å². The first kappa shape index (κ1) is 12.9. The van der Waals surface area contributed by atoms with Crippen molar-refractivity contribution in [3.8, 4) is 5.75 Å². The fraction of sp³-hybridized carbons (Fsp3) is 0.462. The van der Waals surface area contributed by atoms with E-state index in [1.807, 2.05) is 24.3 Å². The summed E-state index contributed by atoms with van der Waals surface area (Å²) in [5.74, 6) is 0.750. The van der Waals surface area contributed by atoms with Gasteiger partial charge in [0.2, 0.25) is 0 Å². The second-order valence-corrected chi connectivity index (χ2v) is 4.21. The van der Waals surface area contributed by atoms with Crippen molar-refractivity contribution in [2.24, 2.45) is 5.73 Å². The van der Waals surface area contributed by atoms with E-state index in [-0.39, 0.29) is 18.6 Å². The van der Waals surface area contributed by atoms with Gasteiger partial charge >= 0.3 is 0 Å². The van der Waals surface area contributed by atoms with Gasteiger partial charge in [0.1, 0.15) is 12.4 Å². The molecule has 18 heavy (non-hydrogen) atoms. The Kier molecular flexibility index (Phi) is 4.17. The molecule has 0 saturated carbocycles. The van der Waals surface area contributed by atoms with Crippen LogP contribution in [0.4, 0.5) is 5.69 Å². The van der Waals surface area contributed by atoms with Crippen molar-refractivity contribution in [1.29, 1.82) is 0 Å². The number of hydrogen-bond acceptors (Lipinski definition) is 4. The molecule has 5 heteroatoms. The van der Waals surface area contributed by atoms with Crippen molar-refractivity contribution in [2.75, 3.05) is 31.8 Å². The number of morpholine rings is 1. The zero-order valence-electron chi connectivity index (χ0n) is 10.5. The van der Waals surface area contributed by atoms with Crippen LogP contribution in [-0.4, -0.2) is 38.8 Å². The van der Waals surface area contributed by atoms with Crippen LogP contribution in [0.15, 0.2) is 24.3 Å². The third-order valence-electron chi connectivity index (χ3n) is 3.02. The van der Waals surface area contributed by atoms with E-state index < -0.39 is 0 Å². The number of carbonyl (C=O) groups excluding carboxylic acids is 1. The Bertz CT molecular complexity index is 403. The van der Waals surface area contributed by atoms with Crippen LogP contribution < -0.4 is 15.4 Å². The lowest BCUT2D eigenvalue weighted by Gasteiger charge is -2.35. The highest BCUT2D eigenvalue weighted by Crippen LogP contribution is 2.24. The molecule has 0 aromatic heterocycles. The van der Waals surface area contributed by atoms with Gasteiger partial charge in [0.15, 0.2) is 0 Å². The first-order chi connectivity index (χ1) is 8.76. The Morgan fingerprint density at radius 1 is 1.44 bits per heavy atom. The van der Waals surface area contributed by atoms with E-state index in [2.05, 4.69) is 0 Å². The summed E-state index contributed by atoms with van der Waals surface area (Å²) in [7, 11) is 1.62. The predicted octanol–water partition coefficient (Wildman–Crippen LogP) is 0.776. The minimum atomic E-state index is -0.0233. The average molecular weight is 250 g/mol. The molecule has 1 heterocycles. The summed E-state index contributed by atoms with van der Waals surface area (Å²) in [4.78, 5) is 13.7. The van der Waals surface area contributed by atoms with Crippen LogP contribution in [0.5, 0.6) is 5.75 Å². The molecule has 1 saturated heterocycles. The summed E-state index contributed by atoms with van der Waals surface area (Å²) >= 11 is 0. The lowest BCUT2D eigenvalue weighted by Crippen LogP contribution is -2.50. The maximum absolute atomic E-state index is 12.0. The number of benzene rings is 1. The third-order valence-corrected chi connectivity index (χ3v) is 3.02. The van der Waals surface area contributed by atoms with Crippen LogP contribution in [0, 0.1) is 0 Å². The average Bonchev–Trinajstić information content (AvgIpc) is 2.40. The van der Waals surface area contributed by atoms with E-state index in [1.165, 1.54) is 0 Å². The van der Waals surface area contributed by atoms with Gasteiger partial charge in [0.05, 0.1) is 19.8 Å². The molecule has 1 aliphatic rings. The standard InChI is InChI=1S/C13H18N2O3/c1-17-12-4-2-10(3-5-12)15-11(6-7-14)8-18-9-13(15)16/h2-5,11H,6-9,14H2,1H3. The number of carbonyl (C=O) groups is 1. The molecular weight excluding hydrogens is 232 g/mol. The number of nitrogens with two attached hydrogens (primary N) is 1. The molecule has 1 aromatic carbocycles. The van der Waals surface area contributed by atoms with Crippen molar-refractivity contribution in [3.63, 3.8) is 0 Å². The highest BCUT2D eigenvalue weighted by molar-refractivity contribution is 5.95. The largest absolute Gasteiger partial charge is 0.497 e. The number of methoxy groups -OCH3 is 1. The van der Waals surface area contributed by atoms with Crippen molar-refractivity contribution in [3.05, 3.63) is 24.3 Å². The van der Waals surface area contributed by atoms with Gasteiger partial charge in [-0.2, -0.15) is 0 Å². The predicted molar refractivity (Wildman–Crippen MR) is 68.8 cm³/mol. The number of amides is 1. The van der Waals surface area contributed by atoms with E-state index >= 15 is 0 Å². The quantitative estimate of drug-likeness (QED) is 0.857. The Balaban J connectivity index is 2.22. The monoisotopic (exact) mass is 250 g/mol. The summed E-state index contributed by atoms with van der Waals surface area (Å²) < 4.78 is 10.4. The summed E-state index contributed by atoms with van der Waals surface area (Å²) in [5.41, 5.74) is 6.44. The van der Waals surface area contributed by atoms with Gasteiger partial charge < -0.3 is 20.1 Å². The molecule has 1 atom stereocenters. The summed E-state index contributed by atoms with van der Waals surface area (Å²) in [5, 5.41) is 0. The van der Waals surface area contributed by atoms with Crippen LogP contribution in [-0.2, 0) is 9.53 Å². The van der Waals surface area contributed by atoms with Gasteiger partial charge in [0.25, 0.3) is 5.91 Å². The number of ether oxygens (including phenoxy) is 2. The van der Waals surface area contributed by atoms with Crippen molar-refractivity contribution >= 4 is 11.6 Å². The van der Waals surface area contributed by atoms with Gasteiger partial charge in [-0.05, 0) is 37.2 Å². The summed E-state index contributed by atoms with van der Waals surface area (Å²) in [6.07, 6.45) is 0.734. The van der Waals surface area contributed by atoms with E-state index in [1.54, 1.807) is 12.0 Å². The molecule has 1 aliphatic heterocycles. The fourth-order valence-electron chi connectivity index (χ4n) is 2.13. The van der Waals surface area contributed by atoms with Crippen molar-refractivity contribution in [1.82, 2.24) is 0 Å². The summed E-state index contributed by atoms with van der Waals surface area (Å²) in [6.45, 7) is 1.20. The fourth-order valence-corrected chi connectivity index (χ4v) is 2.13. The Hall–Kier alpha value is -1.59. The van der Waals surface area contributed by atoms with E-state index in [9.17, 15) is 4.79 Å². The normalized spacial score (nSPS) is 20.0. The summed E-state index contributed by atoms with van der Waals surface area (Å²) in [6, 6.07) is 7.47. The SMILES string of the molecule is COc1ccc(N2C(=O)COCC2CCN)cc1. The Morgan fingerprint density at radius 2 is 2.17 bits per heavy atom. The maximum Gasteiger partial charge on any atom is 0.253 e. The first-order valence-corrected chi connectivity index (χ1v) is 6.00. The van der Waals surface area contributed by atoms with Crippen LogP contribution in [0.3, 0.4) is 0 Å². The van der Waals surface area contributed by atoms with E-state index in [4.69, 9.17) is 15.2 Å². The molecule has 0 radical (unpaired) electrons. The molecule has 0 aliphatic carbocycles. The Labute approximate surface area is 106 Å². The lowest BCUT2D eigenvalue weighted by atomic mass is 10.1. The zero-order chi connectivity index (χ0) is 13.0. The highest BCUT2D eigenvalue weighted by Gasteiger charge is 2.29. The maximum atomic E-state index is 12.0. The molecule has 1 amide bonds. The highest BCUT2D eigenvalue weighted by atomic mass is 16.5. The first-order valence-electron chi connectivity index (χ1n) is 6.00. The molecule has 5 nitrogen and oxygen atoms in total. The third kappa shape index (κ3) is 2.63. The van der Waals surface area contributed by atoms with Gasteiger partial charge in [-0.1, -0.05) is 0 Å². The van der Waals surface area contributed by atoms with E-state index in [0.717, 1.165) is 17.9 Å². The van der Waals surface area contributed by atoms with Crippen molar-refractivity contribution in [2.45, 2.75) is 12.5 Å². The number of hydrogen-bond donors (Lipinski definition) is 1. The molecule has 2 N–H and O–H groups in total. The van der Waals surface area contributed by atoms with Crippen LogP contribution >= 0.6 is 0 Å². The molecule has 2 rings (SSSR count). The smallest absolute Gasteiger partial charge is 0.253 e. The number of rotatable bonds is 4. The second kappa shape index (κ2) is 5.84. The van der Waals surface area contributed by atoms with Crippen LogP contribution in [0.2, 0.25) is 0 Å². The van der Waals surface area contributed by atoms with Gasteiger partial charge in [-0.3, -0.25) is 4.79 Å². The van der Waals surface area contributed by atoms with Gasteiger partial charge in [0, 0.05) is 5.69 Å². The van der Waals surface area contributed by atoms with E-state index in [0.29, 0.717) is 13.2 Å². The minimum absolute atomic E-state index is 0.0182. The van der Waals surface area contributed by atoms with Gasteiger partial charge in [-0.15, -0.1) is 0 Å². The Morgan fingerprint density at radius 3 is 2.78 bits per heavy atom. The second-order valence-electron chi connectivity index (χ2n) is 4.21. The number of anilines is 1. The van der Waals surface area contributed by atoms with Crippen LogP contribution in [0.1, 0.15) is 6.42 Å². The molecule has 1 aromatic rings. The molecule has 98 valence electrons. The molecule has 1 fully saturated rings. The number of nitrogens with zero attached hydrogens (tertiary/aromatic N) is 1. The molecule has 0 spiro atoms. The molecule has 1 unspecified atom stereocenters. The molecular formula is C13H18N2O3. The van der Waals surface area contributed by atoms with Crippen molar-refractivity contribution < 1.29 is 14.3 Å². The zero-order valence-corrected chi connectivity index (χ0v) is 10.5. The van der Waals surface area contributed by atoms with Gasteiger partial charge in [-0.25, -0.2) is 0 Å². The lowest BCUT2D eigenvalue weighted by molar-refractivity contribution is -0.127. The molecule has 0 bridgehead atoms.